The van der Waals surface area contributed by atoms with E-state index in [-0.39, 0.29) is 12.4 Å². The van der Waals surface area contributed by atoms with Gasteiger partial charge in [0.25, 0.3) is 0 Å². The second-order valence-corrected chi connectivity index (χ2v) is 8.61. The van der Waals surface area contributed by atoms with Gasteiger partial charge in [-0.25, -0.2) is 0 Å². The van der Waals surface area contributed by atoms with E-state index in [2.05, 4.69) is 65.8 Å². The predicted molar refractivity (Wildman–Crippen MR) is 119 cm³/mol. The van der Waals surface area contributed by atoms with Crippen molar-refractivity contribution in [1.82, 2.24) is 9.47 Å². The molecule has 0 bridgehead atoms. The van der Waals surface area contributed by atoms with Gasteiger partial charge in [-0.15, -0.1) is 12.4 Å². The lowest BCUT2D eigenvalue weighted by Gasteiger charge is -2.29. The summed E-state index contributed by atoms with van der Waals surface area (Å²) in [5.41, 5.74) is 12.3. The Kier molecular flexibility index (Phi) is 4.19. The van der Waals surface area contributed by atoms with E-state index in [0.29, 0.717) is 0 Å². The van der Waals surface area contributed by atoms with Crippen LogP contribution in [0, 0.1) is 5.92 Å². The molecule has 6 rings (SSSR count). The highest BCUT2D eigenvalue weighted by molar-refractivity contribution is 5.91. The van der Waals surface area contributed by atoms with E-state index in [1.54, 1.807) is 22.4 Å². The van der Waals surface area contributed by atoms with E-state index < -0.39 is 0 Å². The van der Waals surface area contributed by atoms with Crippen molar-refractivity contribution in [2.24, 2.45) is 5.92 Å². The Balaban J connectivity index is 0.00000171. The van der Waals surface area contributed by atoms with Crippen molar-refractivity contribution < 1.29 is 0 Å². The van der Waals surface area contributed by atoms with Crippen molar-refractivity contribution in [3.63, 3.8) is 0 Å². The van der Waals surface area contributed by atoms with Crippen LogP contribution in [0.4, 0.5) is 0 Å². The van der Waals surface area contributed by atoms with Gasteiger partial charge >= 0.3 is 0 Å². The molecule has 1 aliphatic carbocycles. The maximum Gasteiger partial charge on any atom is 0.0567 e. The molecule has 3 aromatic rings. The van der Waals surface area contributed by atoms with Crippen molar-refractivity contribution in [3.05, 3.63) is 76.0 Å². The second kappa shape index (κ2) is 6.50. The van der Waals surface area contributed by atoms with Crippen LogP contribution >= 0.6 is 12.4 Å². The maximum atomic E-state index is 2.68. The topological polar surface area (TPSA) is 8.17 Å². The Labute approximate surface area is 173 Å². The third kappa shape index (κ3) is 2.51. The monoisotopic (exact) mass is 390 g/mol. The zero-order valence-corrected chi connectivity index (χ0v) is 17.5. The number of benzene rings is 2. The Morgan fingerprint density at radius 1 is 0.893 bits per heavy atom. The smallest absolute Gasteiger partial charge is 0.0567 e. The molecule has 0 saturated heterocycles. The van der Waals surface area contributed by atoms with Crippen molar-refractivity contribution >= 4 is 23.3 Å². The van der Waals surface area contributed by atoms with Gasteiger partial charge in [-0.2, -0.15) is 0 Å². The third-order valence-corrected chi connectivity index (χ3v) is 7.25. The highest BCUT2D eigenvalue weighted by Gasteiger charge is 2.33. The van der Waals surface area contributed by atoms with Crippen LogP contribution in [0.3, 0.4) is 0 Å². The fourth-order valence-corrected chi connectivity index (χ4v) is 5.45. The summed E-state index contributed by atoms with van der Waals surface area (Å²) in [5, 5.41) is 1.49. The summed E-state index contributed by atoms with van der Waals surface area (Å²) in [5.74, 6) is 0.745. The van der Waals surface area contributed by atoms with Gasteiger partial charge in [-0.1, -0.05) is 47.5 Å². The van der Waals surface area contributed by atoms with E-state index >= 15 is 0 Å². The van der Waals surface area contributed by atoms with Gasteiger partial charge < -0.3 is 4.57 Å². The minimum absolute atomic E-state index is 0. The summed E-state index contributed by atoms with van der Waals surface area (Å²) in [6.45, 7) is 8.09. The van der Waals surface area contributed by atoms with Gasteiger partial charge in [0, 0.05) is 48.7 Å². The summed E-state index contributed by atoms with van der Waals surface area (Å²) in [4.78, 5) is 2.68. The van der Waals surface area contributed by atoms with Crippen LogP contribution in [0.25, 0.3) is 16.6 Å². The first-order chi connectivity index (χ1) is 13.2. The molecule has 28 heavy (non-hydrogen) atoms. The van der Waals surface area contributed by atoms with Crippen molar-refractivity contribution in [1.29, 1.82) is 0 Å². The summed E-state index contributed by atoms with van der Waals surface area (Å²) >= 11 is 0. The van der Waals surface area contributed by atoms with Gasteiger partial charge in [-0.05, 0) is 49.4 Å². The lowest BCUT2D eigenvalue weighted by molar-refractivity contribution is 0.245. The number of hydrogen-bond acceptors (Lipinski definition) is 1. The SMILES string of the molecule is CC1=C(C)C1CN1CCc2c(c3cccc4c3n2-c2ccccc2CC4)C1.Cl. The lowest BCUT2D eigenvalue weighted by atomic mass is 9.99. The molecule has 3 aliphatic rings. The zero-order valence-electron chi connectivity index (χ0n) is 16.7. The van der Waals surface area contributed by atoms with Crippen LogP contribution in [-0.2, 0) is 25.8 Å². The van der Waals surface area contributed by atoms with Crippen LogP contribution < -0.4 is 0 Å². The molecule has 2 aromatic carbocycles. The number of aryl methyl sites for hydroxylation is 2. The molecule has 1 aromatic heterocycles. The molecule has 0 fully saturated rings. The first-order valence-corrected chi connectivity index (χ1v) is 10.3. The van der Waals surface area contributed by atoms with Crippen LogP contribution in [0.1, 0.15) is 36.2 Å². The summed E-state index contributed by atoms with van der Waals surface area (Å²) in [7, 11) is 0. The van der Waals surface area contributed by atoms with Gasteiger partial charge in [0.2, 0.25) is 0 Å². The molecule has 0 atom stereocenters. The summed E-state index contributed by atoms with van der Waals surface area (Å²) < 4.78 is 2.62. The van der Waals surface area contributed by atoms with Crippen molar-refractivity contribution in [2.75, 3.05) is 13.1 Å². The Bertz CT molecular complexity index is 1110. The molecule has 2 nitrogen and oxygen atoms in total. The number of aromatic nitrogens is 1. The fourth-order valence-electron chi connectivity index (χ4n) is 5.45. The molecule has 0 unspecified atom stereocenters. The standard InChI is InChI=1S/C25H26N2.ClH/c1-16-17(2)21(16)14-26-13-12-24-22(15-26)20-8-5-7-19-11-10-18-6-3-4-9-23(18)27(24)25(19)20;/h3-9,21H,10-15H2,1-2H3;1H. The molecular formula is C25H27ClN2. The molecule has 3 heteroatoms. The third-order valence-electron chi connectivity index (χ3n) is 7.25. The minimum atomic E-state index is 0. The number of halogens is 1. The Morgan fingerprint density at radius 2 is 1.64 bits per heavy atom. The van der Waals surface area contributed by atoms with E-state index in [0.717, 1.165) is 31.7 Å². The number of hydrogen-bond donors (Lipinski definition) is 0. The molecule has 0 spiro atoms. The lowest BCUT2D eigenvalue weighted by Crippen LogP contribution is -2.33. The average Bonchev–Trinajstić information content (AvgIpc) is 3.17. The van der Waals surface area contributed by atoms with Crippen LogP contribution in [-0.4, -0.2) is 22.6 Å². The molecule has 144 valence electrons. The number of nitrogens with zero attached hydrogens (tertiary/aromatic N) is 2. The zero-order chi connectivity index (χ0) is 18.1. The Hall–Kier alpha value is -2.03. The summed E-state index contributed by atoms with van der Waals surface area (Å²) in [6, 6.07) is 16.0. The van der Waals surface area contributed by atoms with Crippen molar-refractivity contribution in [3.8, 4) is 5.69 Å². The number of para-hydroxylation sites is 2. The molecule has 0 N–H and O–H groups in total. The Morgan fingerprint density at radius 3 is 2.46 bits per heavy atom. The quantitative estimate of drug-likeness (QED) is 0.526. The highest BCUT2D eigenvalue weighted by Crippen LogP contribution is 2.41. The normalized spacial score (nSPS) is 18.5. The van der Waals surface area contributed by atoms with Gasteiger partial charge in [0.15, 0.2) is 0 Å². The number of fused-ring (bicyclic) bond motifs is 5. The van der Waals surface area contributed by atoms with Crippen molar-refractivity contribution in [2.45, 2.75) is 39.7 Å². The van der Waals surface area contributed by atoms with E-state index in [4.69, 9.17) is 0 Å². The molecular weight excluding hydrogens is 364 g/mol. The molecule has 0 saturated carbocycles. The summed E-state index contributed by atoms with van der Waals surface area (Å²) in [6.07, 6.45) is 3.44. The van der Waals surface area contributed by atoms with Gasteiger partial charge in [0.05, 0.1) is 5.52 Å². The van der Waals surface area contributed by atoms with E-state index in [1.807, 2.05) is 0 Å². The molecule has 3 heterocycles. The van der Waals surface area contributed by atoms with Crippen LogP contribution in [0.2, 0.25) is 0 Å². The van der Waals surface area contributed by atoms with Gasteiger partial charge in [-0.3, -0.25) is 4.90 Å². The highest BCUT2D eigenvalue weighted by atomic mass is 35.5. The van der Waals surface area contributed by atoms with Crippen LogP contribution in [0.5, 0.6) is 0 Å². The minimum Gasteiger partial charge on any atom is -0.313 e. The first kappa shape index (κ1) is 18.0. The molecule has 2 aliphatic heterocycles. The largest absolute Gasteiger partial charge is 0.313 e. The molecule has 0 amide bonds. The van der Waals surface area contributed by atoms with E-state index in [9.17, 15) is 0 Å². The van der Waals surface area contributed by atoms with E-state index in [1.165, 1.54) is 40.8 Å². The molecule has 0 radical (unpaired) electrons. The second-order valence-electron chi connectivity index (χ2n) is 8.61. The number of rotatable bonds is 2. The van der Waals surface area contributed by atoms with Gasteiger partial charge in [0.1, 0.15) is 0 Å². The average molecular weight is 391 g/mol. The fraction of sp³-hybridized carbons (Fsp3) is 0.360. The maximum absolute atomic E-state index is 2.68. The first-order valence-electron chi connectivity index (χ1n) is 10.3. The predicted octanol–water partition coefficient (Wildman–Crippen LogP) is 5.48. The van der Waals surface area contributed by atoms with Crippen LogP contribution in [0.15, 0.2) is 53.6 Å².